The Bertz CT molecular complexity index is 1100. The first-order chi connectivity index (χ1) is 12.6. The lowest BCUT2D eigenvalue weighted by Crippen LogP contribution is -2.28. The maximum atomic E-state index is 13.1. The standard InChI is InChI=1S/C18H14F3N3O3/c1-10-13(15-6-7-22-23(15)2)9-14(17(26)27)16(25)24(10)12-5-3-4-11(8-12)18(19,20)21/h3-9H,1-2H3,(H,26,27). The second kappa shape index (κ2) is 6.42. The molecule has 2 heterocycles. The van der Waals surface area contributed by atoms with Gasteiger partial charge in [0.25, 0.3) is 5.56 Å². The first kappa shape index (κ1) is 18.4. The molecule has 0 radical (unpaired) electrons. The van der Waals surface area contributed by atoms with Crippen molar-refractivity contribution in [2.75, 3.05) is 0 Å². The molecule has 6 nitrogen and oxygen atoms in total. The number of rotatable bonds is 3. The van der Waals surface area contributed by atoms with Gasteiger partial charge in [0.05, 0.1) is 11.3 Å². The lowest BCUT2D eigenvalue weighted by atomic mass is 10.1. The van der Waals surface area contributed by atoms with Gasteiger partial charge in [-0.25, -0.2) is 4.79 Å². The highest BCUT2D eigenvalue weighted by molar-refractivity contribution is 5.89. The van der Waals surface area contributed by atoms with E-state index in [1.54, 1.807) is 13.1 Å². The van der Waals surface area contributed by atoms with E-state index >= 15 is 0 Å². The van der Waals surface area contributed by atoms with Gasteiger partial charge < -0.3 is 5.11 Å². The van der Waals surface area contributed by atoms with Crippen molar-refractivity contribution >= 4 is 5.97 Å². The van der Waals surface area contributed by atoms with Crippen LogP contribution in [-0.2, 0) is 13.2 Å². The largest absolute Gasteiger partial charge is 0.477 e. The number of hydrogen-bond acceptors (Lipinski definition) is 3. The molecule has 0 aliphatic rings. The Balaban J connectivity index is 2.37. The number of pyridine rings is 1. The topological polar surface area (TPSA) is 77.1 Å². The molecule has 0 amide bonds. The fraction of sp³-hybridized carbons (Fsp3) is 0.167. The number of aromatic carboxylic acids is 1. The number of aromatic nitrogens is 3. The van der Waals surface area contributed by atoms with Crippen molar-refractivity contribution < 1.29 is 23.1 Å². The lowest BCUT2D eigenvalue weighted by Gasteiger charge is -2.17. The van der Waals surface area contributed by atoms with Crippen LogP contribution in [0.15, 0.2) is 47.4 Å². The smallest absolute Gasteiger partial charge is 0.416 e. The number of benzene rings is 1. The van der Waals surface area contributed by atoms with Gasteiger partial charge in [-0.1, -0.05) is 6.07 Å². The summed E-state index contributed by atoms with van der Waals surface area (Å²) in [5.74, 6) is -1.47. The van der Waals surface area contributed by atoms with Crippen molar-refractivity contribution in [1.82, 2.24) is 14.3 Å². The molecule has 1 N–H and O–H groups in total. The van der Waals surface area contributed by atoms with Crippen molar-refractivity contribution in [1.29, 1.82) is 0 Å². The maximum Gasteiger partial charge on any atom is 0.416 e. The van der Waals surface area contributed by atoms with E-state index in [0.29, 0.717) is 17.0 Å². The minimum absolute atomic E-state index is 0.0705. The quantitative estimate of drug-likeness (QED) is 0.760. The molecule has 0 bridgehead atoms. The van der Waals surface area contributed by atoms with E-state index in [2.05, 4.69) is 5.10 Å². The number of aryl methyl sites for hydroxylation is 1. The number of carbonyl (C=O) groups is 1. The van der Waals surface area contributed by atoms with E-state index < -0.39 is 28.8 Å². The van der Waals surface area contributed by atoms with Crippen molar-refractivity contribution in [3.63, 3.8) is 0 Å². The molecule has 3 rings (SSSR count). The Morgan fingerprint density at radius 1 is 1.19 bits per heavy atom. The first-order valence-corrected chi connectivity index (χ1v) is 7.77. The van der Waals surface area contributed by atoms with Gasteiger partial charge >= 0.3 is 12.1 Å². The van der Waals surface area contributed by atoms with E-state index in [0.717, 1.165) is 16.7 Å². The average molecular weight is 377 g/mol. The third kappa shape index (κ3) is 3.23. The van der Waals surface area contributed by atoms with Gasteiger partial charge in [0, 0.05) is 30.2 Å². The third-order valence-electron chi connectivity index (χ3n) is 4.21. The van der Waals surface area contributed by atoms with Gasteiger partial charge in [0.15, 0.2) is 0 Å². The summed E-state index contributed by atoms with van der Waals surface area (Å²) >= 11 is 0. The number of carboxylic acid groups (broad SMARTS) is 1. The highest BCUT2D eigenvalue weighted by Crippen LogP contribution is 2.31. The monoisotopic (exact) mass is 377 g/mol. The summed E-state index contributed by atoms with van der Waals surface area (Å²) in [5.41, 5.74) is -1.26. The number of carboxylic acids is 1. The highest BCUT2D eigenvalue weighted by atomic mass is 19.4. The zero-order valence-electron chi connectivity index (χ0n) is 14.3. The molecule has 3 aromatic rings. The van der Waals surface area contributed by atoms with Crippen LogP contribution in [0.1, 0.15) is 21.6 Å². The van der Waals surface area contributed by atoms with Crippen molar-refractivity contribution in [2.45, 2.75) is 13.1 Å². The normalized spacial score (nSPS) is 11.6. The Hall–Kier alpha value is -3.36. The number of hydrogen-bond donors (Lipinski definition) is 1. The number of halogens is 3. The minimum atomic E-state index is -4.59. The molecule has 140 valence electrons. The van der Waals surface area contributed by atoms with Crippen molar-refractivity contribution in [3.8, 4) is 16.9 Å². The van der Waals surface area contributed by atoms with Gasteiger partial charge in [0.2, 0.25) is 0 Å². The second-order valence-electron chi connectivity index (χ2n) is 5.89. The molecule has 0 fully saturated rings. The summed E-state index contributed by atoms with van der Waals surface area (Å²) in [7, 11) is 1.63. The van der Waals surface area contributed by atoms with Crippen LogP contribution in [0.25, 0.3) is 16.9 Å². The third-order valence-corrected chi connectivity index (χ3v) is 4.21. The molecule has 0 atom stereocenters. The van der Waals surface area contributed by atoms with E-state index in [-0.39, 0.29) is 5.69 Å². The van der Waals surface area contributed by atoms with E-state index in [4.69, 9.17) is 0 Å². The van der Waals surface area contributed by atoms with Gasteiger partial charge in [0.1, 0.15) is 5.56 Å². The predicted molar refractivity (Wildman–Crippen MR) is 90.9 cm³/mol. The summed E-state index contributed by atoms with van der Waals surface area (Å²) < 4.78 is 41.6. The molecule has 0 saturated heterocycles. The molecule has 27 heavy (non-hydrogen) atoms. The molecule has 9 heteroatoms. The Labute approximate surface area is 151 Å². The zero-order chi connectivity index (χ0) is 19.9. The lowest BCUT2D eigenvalue weighted by molar-refractivity contribution is -0.137. The van der Waals surface area contributed by atoms with Crippen LogP contribution in [0, 0.1) is 6.92 Å². The van der Waals surface area contributed by atoms with Crippen LogP contribution in [0.5, 0.6) is 0 Å². The Morgan fingerprint density at radius 2 is 1.89 bits per heavy atom. The molecule has 0 aliphatic carbocycles. The first-order valence-electron chi connectivity index (χ1n) is 7.77. The Kier molecular flexibility index (Phi) is 4.38. The molecule has 2 aromatic heterocycles. The fourth-order valence-corrected chi connectivity index (χ4v) is 2.89. The van der Waals surface area contributed by atoms with E-state index in [1.165, 1.54) is 36.0 Å². The van der Waals surface area contributed by atoms with E-state index in [9.17, 15) is 27.9 Å². The summed E-state index contributed by atoms with van der Waals surface area (Å²) in [4.78, 5) is 24.2. The summed E-state index contributed by atoms with van der Waals surface area (Å²) in [6, 6.07) is 7.01. The molecular formula is C18H14F3N3O3. The summed E-state index contributed by atoms with van der Waals surface area (Å²) in [6.45, 7) is 1.54. The van der Waals surface area contributed by atoms with Crippen LogP contribution in [0.2, 0.25) is 0 Å². The van der Waals surface area contributed by atoms with Gasteiger partial charge in [-0.15, -0.1) is 0 Å². The van der Waals surface area contributed by atoms with Gasteiger partial charge in [-0.2, -0.15) is 18.3 Å². The Morgan fingerprint density at radius 3 is 2.44 bits per heavy atom. The van der Waals surface area contributed by atoms with E-state index in [1.807, 2.05) is 0 Å². The fourth-order valence-electron chi connectivity index (χ4n) is 2.89. The summed E-state index contributed by atoms with van der Waals surface area (Å²) in [5, 5.41) is 13.4. The molecule has 0 spiro atoms. The summed E-state index contributed by atoms with van der Waals surface area (Å²) in [6.07, 6.45) is -3.10. The van der Waals surface area contributed by atoms with Crippen LogP contribution >= 0.6 is 0 Å². The molecule has 0 saturated carbocycles. The van der Waals surface area contributed by atoms with Crippen LogP contribution in [0.4, 0.5) is 13.2 Å². The molecule has 0 unspecified atom stereocenters. The van der Waals surface area contributed by atoms with Crippen LogP contribution in [-0.4, -0.2) is 25.4 Å². The number of alkyl halides is 3. The van der Waals surface area contributed by atoms with Gasteiger partial charge in [-0.05, 0) is 37.3 Å². The minimum Gasteiger partial charge on any atom is -0.477 e. The molecular weight excluding hydrogens is 363 g/mol. The molecule has 1 aromatic carbocycles. The molecule has 0 aliphatic heterocycles. The maximum absolute atomic E-state index is 13.1. The second-order valence-corrected chi connectivity index (χ2v) is 5.89. The van der Waals surface area contributed by atoms with Crippen LogP contribution in [0.3, 0.4) is 0 Å². The zero-order valence-corrected chi connectivity index (χ0v) is 14.3. The number of nitrogens with zero attached hydrogens (tertiary/aromatic N) is 3. The average Bonchev–Trinajstić information content (AvgIpc) is 3.00. The van der Waals surface area contributed by atoms with Crippen LogP contribution < -0.4 is 5.56 Å². The van der Waals surface area contributed by atoms with Crippen molar-refractivity contribution in [2.24, 2.45) is 7.05 Å². The highest BCUT2D eigenvalue weighted by Gasteiger charge is 2.31. The van der Waals surface area contributed by atoms with Crippen molar-refractivity contribution in [3.05, 3.63) is 69.8 Å². The van der Waals surface area contributed by atoms with Gasteiger partial charge in [-0.3, -0.25) is 14.0 Å². The predicted octanol–water partition coefficient (Wildman–Crippen LogP) is 3.26. The SMILES string of the molecule is Cc1c(-c2ccnn2C)cc(C(=O)O)c(=O)n1-c1cccc(C(F)(F)F)c1.